The van der Waals surface area contributed by atoms with Gasteiger partial charge >= 0.3 is 5.97 Å². The maximum Gasteiger partial charge on any atom is 0.308 e. The van der Waals surface area contributed by atoms with Crippen LogP contribution in [0.4, 0.5) is 0 Å². The number of carbonyl (C=O) groups excluding carboxylic acids is 1. The van der Waals surface area contributed by atoms with Crippen molar-refractivity contribution in [3.05, 3.63) is 34.9 Å². The van der Waals surface area contributed by atoms with Gasteiger partial charge in [-0.05, 0) is 30.5 Å². The van der Waals surface area contributed by atoms with E-state index in [0.29, 0.717) is 11.4 Å². The molecule has 0 unspecified atom stereocenters. The van der Waals surface area contributed by atoms with E-state index < -0.39 is 11.9 Å². The van der Waals surface area contributed by atoms with Crippen molar-refractivity contribution in [3.63, 3.8) is 0 Å². The lowest BCUT2D eigenvalue weighted by Gasteiger charge is -2.29. The molecular weight excluding hydrogens is 278 g/mol. The second kappa shape index (κ2) is 6.75. The summed E-state index contributed by atoms with van der Waals surface area (Å²) >= 11 is 5.79. The van der Waals surface area contributed by atoms with Gasteiger partial charge in [-0.2, -0.15) is 0 Å². The molecule has 1 aromatic rings. The molecule has 1 aromatic carbocycles. The Morgan fingerprint density at radius 3 is 2.50 bits per heavy atom. The zero-order valence-electron chi connectivity index (χ0n) is 11.1. The number of rotatable bonds is 4. The monoisotopic (exact) mass is 295 g/mol. The first-order valence-electron chi connectivity index (χ1n) is 6.83. The number of hydrogen-bond donors (Lipinski definition) is 2. The van der Waals surface area contributed by atoms with Crippen LogP contribution in [0.25, 0.3) is 0 Å². The molecule has 0 aliphatic heterocycles. The number of nitrogens with one attached hydrogen (secondary N) is 1. The van der Waals surface area contributed by atoms with Gasteiger partial charge in [0.1, 0.15) is 0 Å². The van der Waals surface area contributed by atoms with Gasteiger partial charge in [0.05, 0.1) is 12.3 Å². The Morgan fingerprint density at radius 2 is 1.85 bits per heavy atom. The lowest BCUT2D eigenvalue weighted by atomic mass is 9.84. The average molecular weight is 296 g/mol. The summed E-state index contributed by atoms with van der Waals surface area (Å²) in [6.07, 6.45) is 3.51. The molecule has 1 aliphatic rings. The standard InChI is InChI=1S/C15H18ClNO3/c16-11-7-5-10(6-8-11)9-14(18)17-13-4-2-1-3-12(13)15(19)20/h5-8,12-13H,1-4,9H2,(H,17,18)(H,19,20)/t12-,13+/m1/s1. The van der Waals surface area contributed by atoms with Crippen LogP contribution in [0.5, 0.6) is 0 Å². The van der Waals surface area contributed by atoms with E-state index in [0.717, 1.165) is 24.8 Å². The highest BCUT2D eigenvalue weighted by Gasteiger charge is 2.31. The van der Waals surface area contributed by atoms with Crippen molar-refractivity contribution in [2.24, 2.45) is 5.92 Å². The highest BCUT2D eigenvalue weighted by atomic mass is 35.5. The lowest BCUT2D eigenvalue weighted by Crippen LogP contribution is -2.45. The summed E-state index contributed by atoms with van der Waals surface area (Å²) in [6.45, 7) is 0. The second-order valence-corrected chi connectivity index (χ2v) is 5.64. The highest BCUT2D eigenvalue weighted by Crippen LogP contribution is 2.24. The predicted molar refractivity (Wildman–Crippen MR) is 76.7 cm³/mol. The summed E-state index contributed by atoms with van der Waals surface area (Å²) in [6, 6.07) is 6.84. The van der Waals surface area contributed by atoms with Crippen molar-refractivity contribution in [1.29, 1.82) is 0 Å². The summed E-state index contributed by atoms with van der Waals surface area (Å²) in [5, 5.41) is 12.7. The normalized spacial score (nSPS) is 22.2. The fourth-order valence-electron chi connectivity index (χ4n) is 2.64. The molecule has 1 saturated carbocycles. The van der Waals surface area contributed by atoms with E-state index >= 15 is 0 Å². The lowest BCUT2D eigenvalue weighted by molar-refractivity contribution is -0.144. The molecular formula is C15H18ClNO3. The van der Waals surface area contributed by atoms with E-state index in [2.05, 4.69) is 5.32 Å². The third kappa shape index (κ3) is 3.97. The molecule has 1 aliphatic carbocycles. The van der Waals surface area contributed by atoms with Gasteiger partial charge in [-0.15, -0.1) is 0 Å². The van der Waals surface area contributed by atoms with Gasteiger partial charge in [0.25, 0.3) is 0 Å². The minimum Gasteiger partial charge on any atom is -0.481 e. The fraction of sp³-hybridized carbons (Fsp3) is 0.467. The van der Waals surface area contributed by atoms with Gasteiger partial charge in [-0.1, -0.05) is 36.6 Å². The average Bonchev–Trinajstić information content (AvgIpc) is 2.41. The van der Waals surface area contributed by atoms with Crippen LogP contribution in [-0.4, -0.2) is 23.0 Å². The molecule has 4 nitrogen and oxygen atoms in total. The van der Waals surface area contributed by atoms with Crippen LogP contribution >= 0.6 is 11.6 Å². The summed E-state index contributed by atoms with van der Waals surface area (Å²) in [7, 11) is 0. The third-order valence-corrected chi connectivity index (χ3v) is 3.96. The van der Waals surface area contributed by atoms with Gasteiger partial charge in [0, 0.05) is 11.1 Å². The Bertz CT molecular complexity index is 486. The number of halogens is 1. The van der Waals surface area contributed by atoms with Crippen molar-refractivity contribution in [2.75, 3.05) is 0 Å². The molecule has 0 spiro atoms. The van der Waals surface area contributed by atoms with Gasteiger partial charge < -0.3 is 10.4 Å². The number of hydrogen-bond acceptors (Lipinski definition) is 2. The molecule has 2 rings (SSSR count). The smallest absolute Gasteiger partial charge is 0.308 e. The van der Waals surface area contributed by atoms with Crippen LogP contribution in [-0.2, 0) is 16.0 Å². The Hall–Kier alpha value is -1.55. The number of carbonyl (C=O) groups is 2. The minimum atomic E-state index is -0.818. The molecule has 0 heterocycles. The molecule has 5 heteroatoms. The number of aliphatic carboxylic acids is 1. The van der Waals surface area contributed by atoms with Gasteiger partial charge in [0.2, 0.25) is 5.91 Å². The largest absolute Gasteiger partial charge is 0.481 e. The van der Waals surface area contributed by atoms with Gasteiger partial charge in [-0.25, -0.2) is 0 Å². The molecule has 0 bridgehead atoms. The van der Waals surface area contributed by atoms with Crippen LogP contribution in [0.2, 0.25) is 5.02 Å². The zero-order valence-corrected chi connectivity index (χ0v) is 11.9. The second-order valence-electron chi connectivity index (χ2n) is 5.21. The number of amides is 1. The van der Waals surface area contributed by atoms with Crippen molar-refractivity contribution >= 4 is 23.5 Å². The molecule has 0 saturated heterocycles. The minimum absolute atomic E-state index is 0.134. The van der Waals surface area contributed by atoms with E-state index in [9.17, 15) is 14.7 Å². The van der Waals surface area contributed by atoms with E-state index in [-0.39, 0.29) is 18.4 Å². The van der Waals surface area contributed by atoms with Gasteiger partial charge in [-0.3, -0.25) is 9.59 Å². The van der Waals surface area contributed by atoms with E-state index in [4.69, 9.17) is 11.6 Å². The van der Waals surface area contributed by atoms with Crippen molar-refractivity contribution in [2.45, 2.75) is 38.1 Å². The molecule has 20 heavy (non-hydrogen) atoms. The van der Waals surface area contributed by atoms with Gasteiger partial charge in [0.15, 0.2) is 0 Å². The van der Waals surface area contributed by atoms with E-state index in [1.54, 1.807) is 24.3 Å². The molecule has 0 aromatic heterocycles. The van der Waals surface area contributed by atoms with Crippen molar-refractivity contribution < 1.29 is 14.7 Å². The highest BCUT2D eigenvalue weighted by molar-refractivity contribution is 6.30. The molecule has 1 amide bonds. The van der Waals surface area contributed by atoms with E-state index in [1.165, 1.54) is 0 Å². The maximum atomic E-state index is 12.0. The first-order chi connectivity index (χ1) is 9.56. The van der Waals surface area contributed by atoms with E-state index in [1.807, 2.05) is 0 Å². The van der Waals surface area contributed by atoms with Crippen LogP contribution in [0, 0.1) is 5.92 Å². The van der Waals surface area contributed by atoms with Crippen LogP contribution in [0.15, 0.2) is 24.3 Å². The molecule has 2 N–H and O–H groups in total. The fourth-order valence-corrected chi connectivity index (χ4v) is 2.77. The topological polar surface area (TPSA) is 66.4 Å². The van der Waals surface area contributed by atoms with Crippen LogP contribution in [0.3, 0.4) is 0 Å². The molecule has 2 atom stereocenters. The summed E-state index contributed by atoms with van der Waals surface area (Å²) in [5.74, 6) is -1.41. The summed E-state index contributed by atoms with van der Waals surface area (Å²) in [5.41, 5.74) is 0.870. The summed E-state index contributed by atoms with van der Waals surface area (Å²) < 4.78 is 0. The molecule has 1 fully saturated rings. The third-order valence-electron chi connectivity index (χ3n) is 3.71. The quantitative estimate of drug-likeness (QED) is 0.897. The summed E-state index contributed by atoms with van der Waals surface area (Å²) in [4.78, 5) is 23.2. The first-order valence-corrected chi connectivity index (χ1v) is 7.20. The molecule has 108 valence electrons. The van der Waals surface area contributed by atoms with Crippen LogP contribution in [0.1, 0.15) is 31.2 Å². The SMILES string of the molecule is O=C(Cc1ccc(Cl)cc1)N[C@H]1CCCC[C@H]1C(=O)O. The Morgan fingerprint density at radius 1 is 1.20 bits per heavy atom. The maximum absolute atomic E-state index is 12.0. The number of carboxylic acid groups (broad SMARTS) is 1. The number of benzene rings is 1. The number of carboxylic acids is 1. The van der Waals surface area contributed by atoms with Crippen molar-refractivity contribution in [1.82, 2.24) is 5.32 Å². The Labute approximate surface area is 123 Å². The predicted octanol–water partition coefficient (Wildman–Crippen LogP) is 2.64. The zero-order chi connectivity index (χ0) is 14.5. The first kappa shape index (κ1) is 14.9. The Kier molecular flexibility index (Phi) is 5.01. The Balaban J connectivity index is 1.92. The van der Waals surface area contributed by atoms with Crippen LogP contribution < -0.4 is 5.32 Å². The molecule has 0 radical (unpaired) electrons. The van der Waals surface area contributed by atoms with Crippen molar-refractivity contribution in [3.8, 4) is 0 Å².